The fourth-order valence-corrected chi connectivity index (χ4v) is 5.03. The number of rotatable bonds is 6. The number of anilines is 2. The molecule has 3 heterocycles. The van der Waals surface area contributed by atoms with Crippen LogP contribution >= 0.6 is 0 Å². The van der Waals surface area contributed by atoms with Gasteiger partial charge >= 0.3 is 0 Å². The fourth-order valence-electron chi connectivity index (χ4n) is 5.03. The summed E-state index contributed by atoms with van der Waals surface area (Å²) in [6, 6.07) is 16.2. The summed E-state index contributed by atoms with van der Waals surface area (Å²) in [5.74, 6) is 0.998. The van der Waals surface area contributed by atoms with Gasteiger partial charge < -0.3 is 24.6 Å². The topological polar surface area (TPSA) is 63.4 Å². The Hall–Kier alpha value is -3.50. The number of hydrogen-bond acceptors (Lipinski definition) is 6. The molecule has 2 fully saturated rings. The molecule has 1 aliphatic heterocycles. The van der Waals surface area contributed by atoms with Crippen LogP contribution in [0.3, 0.4) is 0 Å². The SMILES string of the molecule is C=C(c1ccc(N2CCN(c3ccc4c(C#N)cn([C@H]5C[C@H](NC)C5)c4n3)CC2)cc1)N(C)C. The Morgan fingerprint density at radius 1 is 1.06 bits per heavy atom. The molecule has 5 rings (SSSR count). The summed E-state index contributed by atoms with van der Waals surface area (Å²) in [7, 11) is 6.05. The highest BCUT2D eigenvalue weighted by Crippen LogP contribution is 2.36. The average molecular weight is 456 g/mol. The van der Waals surface area contributed by atoms with E-state index in [-0.39, 0.29) is 0 Å². The van der Waals surface area contributed by atoms with Gasteiger partial charge in [0.25, 0.3) is 0 Å². The number of pyridine rings is 1. The van der Waals surface area contributed by atoms with Gasteiger partial charge in [0, 0.05) is 75.3 Å². The van der Waals surface area contributed by atoms with Crippen LogP contribution in [0.4, 0.5) is 11.5 Å². The van der Waals surface area contributed by atoms with Crippen LogP contribution in [0.2, 0.25) is 0 Å². The molecule has 2 aliphatic rings. The molecule has 7 heteroatoms. The molecular formula is C27H33N7. The first kappa shape index (κ1) is 22.3. The zero-order chi connectivity index (χ0) is 23.8. The van der Waals surface area contributed by atoms with Gasteiger partial charge in [-0.15, -0.1) is 0 Å². The lowest BCUT2D eigenvalue weighted by Gasteiger charge is -2.37. The molecule has 0 bridgehead atoms. The molecule has 0 atom stereocenters. The van der Waals surface area contributed by atoms with E-state index in [4.69, 9.17) is 4.98 Å². The van der Waals surface area contributed by atoms with Crippen molar-refractivity contribution in [3.8, 4) is 6.07 Å². The summed E-state index contributed by atoms with van der Waals surface area (Å²) in [4.78, 5) is 11.9. The first-order chi connectivity index (χ1) is 16.5. The minimum absolute atomic E-state index is 0.410. The van der Waals surface area contributed by atoms with E-state index in [1.165, 1.54) is 5.69 Å². The fraction of sp³-hybridized carbons (Fsp3) is 0.407. The third-order valence-electron chi connectivity index (χ3n) is 7.41. The summed E-state index contributed by atoms with van der Waals surface area (Å²) in [5, 5.41) is 13.9. The zero-order valence-corrected chi connectivity index (χ0v) is 20.3. The summed E-state index contributed by atoms with van der Waals surface area (Å²) in [6.45, 7) is 7.88. The number of benzene rings is 1. The van der Waals surface area contributed by atoms with Gasteiger partial charge in [-0.3, -0.25) is 0 Å². The Kier molecular flexibility index (Phi) is 5.93. The minimum Gasteiger partial charge on any atom is -0.378 e. The summed E-state index contributed by atoms with van der Waals surface area (Å²) in [5.41, 5.74) is 5.07. The highest BCUT2D eigenvalue weighted by atomic mass is 15.3. The Bertz CT molecular complexity index is 1220. The molecule has 1 aromatic carbocycles. The highest BCUT2D eigenvalue weighted by molar-refractivity contribution is 5.85. The molecule has 1 N–H and O–H groups in total. The van der Waals surface area contributed by atoms with Crippen molar-refractivity contribution >= 4 is 28.2 Å². The lowest BCUT2D eigenvalue weighted by Crippen LogP contribution is -2.46. The van der Waals surface area contributed by atoms with Crippen molar-refractivity contribution in [3.05, 3.63) is 60.3 Å². The van der Waals surface area contributed by atoms with Gasteiger partial charge in [-0.2, -0.15) is 5.26 Å². The molecule has 2 aromatic heterocycles. The lowest BCUT2D eigenvalue weighted by molar-refractivity contribution is 0.240. The van der Waals surface area contributed by atoms with Gasteiger partial charge in [0.2, 0.25) is 0 Å². The molecule has 1 aliphatic carbocycles. The highest BCUT2D eigenvalue weighted by Gasteiger charge is 2.31. The zero-order valence-electron chi connectivity index (χ0n) is 20.3. The Labute approximate surface area is 201 Å². The van der Waals surface area contributed by atoms with E-state index in [1.54, 1.807) is 0 Å². The van der Waals surface area contributed by atoms with E-state index in [1.807, 2.05) is 32.2 Å². The van der Waals surface area contributed by atoms with E-state index in [0.717, 1.165) is 67.1 Å². The maximum absolute atomic E-state index is 9.62. The van der Waals surface area contributed by atoms with Crippen molar-refractivity contribution in [1.29, 1.82) is 5.26 Å². The van der Waals surface area contributed by atoms with E-state index >= 15 is 0 Å². The van der Waals surface area contributed by atoms with E-state index < -0.39 is 0 Å². The monoisotopic (exact) mass is 455 g/mol. The molecule has 3 aromatic rings. The van der Waals surface area contributed by atoms with Crippen LogP contribution in [0, 0.1) is 11.3 Å². The number of nitriles is 1. The molecule has 176 valence electrons. The van der Waals surface area contributed by atoms with Gasteiger partial charge in [-0.25, -0.2) is 4.98 Å². The van der Waals surface area contributed by atoms with Crippen molar-refractivity contribution in [2.24, 2.45) is 0 Å². The van der Waals surface area contributed by atoms with Gasteiger partial charge in [-0.05, 0) is 49.7 Å². The number of aromatic nitrogens is 2. The summed E-state index contributed by atoms with van der Waals surface area (Å²) in [6.07, 6.45) is 4.15. The standard InChI is InChI=1S/C27H33N7/c1-19(31(3)4)20-5-7-23(8-6-20)32-11-13-33(14-12-32)26-10-9-25-21(17-28)18-34(27(25)30-26)24-15-22(16-24)29-2/h5-10,18,22,24,29H,1,11-16H2,2-4H3/t22-,24-. The van der Waals surface area contributed by atoms with E-state index in [9.17, 15) is 5.26 Å². The van der Waals surface area contributed by atoms with Crippen molar-refractivity contribution in [3.63, 3.8) is 0 Å². The van der Waals surface area contributed by atoms with Crippen molar-refractivity contribution in [1.82, 2.24) is 19.8 Å². The number of nitrogens with zero attached hydrogens (tertiary/aromatic N) is 6. The Balaban J connectivity index is 1.30. The third kappa shape index (κ3) is 3.99. The molecule has 34 heavy (non-hydrogen) atoms. The van der Waals surface area contributed by atoms with Crippen LogP contribution in [0.5, 0.6) is 0 Å². The van der Waals surface area contributed by atoms with Crippen molar-refractivity contribution < 1.29 is 0 Å². The molecular weight excluding hydrogens is 422 g/mol. The van der Waals surface area contributed by atoms with Gasteiger partial charge in [0.15, 0.2) is 0 Å². The first-order valence-electron chi connectivity index (χ1n) is 12.0. The van der Waals surface area contributed by atoms with E-state index in [2.05, 4.69) is 68.7 Å². The van der Waals surface area contributed by atoms with Crippen LogP contribution in [0.1, 0.15) is 30.0 Å². The predicted molar refractivity (Wildman–Crippen MR) is 139 cm³/mol. The molecule has 7 nitrogen and oxygen atoms in total. The van der Waals surface area contributed by atoms with Crippen LogP contribution in [-0.2, 0) is 0 Å². The molecule has 0 unspecified atom stereocenters. The molecule has 0 amide bonds. The third-order valence-corrected chi connectivity index (χ3v) is 7.41. The minimum atomic E-state index is 0.410. The van der Waals surface area contributed by atoms with Crippen LogP contribution < -0.4 is 15.1 Å². The molecule has 0 radical (unpaired) electrons. The largest absolute Gasteiger partial charge is 0.378 e. The van der Waals surface area contributed by atoms with Gasteiger partial charge in [0.1, 0.15) is 17.5 Å². The van der Waals surface area contributed by atoms with Gasteiger partial charge in [0.05, 0.1) is 5.56 Å². The van der Waals surface area contributed by atoms with Crippen molar-refractivity contribution in [2.45, 2.75) is 24.9 Å². The maximum Gasteiger partial charge on any atom is 0.143 e. The number of fused-ring (bicyclic) bond motifs is 1. The normalized spacial score (nSPS) is 20.2. The smallest absolute Gasteiger partial charge is 0.143 e. The van der Waals surface area contributed by atoms with E-state index in [0.29, 0.717) is 17.6 Å². The maximum atomic E-state index is 9.62. The number of nitrogens with one attached hydrogen (secondary N) is 1. The van der Waals surface area contributed by atoms with Gasteiger partial charge in [-0.1, -0.05) is 18.7 Å². The summed E-state index contributed by atoms with van der Waals surface area (Å²) >= 11 is 0. The lowest BCUT2D eigenvalue weighted by atomic mass is 9.87. The second-order valence-electron chi connectivity index (χ2n) is 9.58. The summed E-state index contributed by atoms with van der Waals surface area (Å²) < 4.78 is 2.23. The Morgan fingerprint density at radius 2 is 1.74 bits per heavy atom. The number of hydrogen-bond donors (Lipinski definition) is 1. The van der Waals surface area contributed by atoms with Crippen LogP contribution in [0.15, 0.2) is 49.2 Å². The predicted octanol–water partition coefficient (Wildman–Crippen LogP) is 3.69. The van der Waals surface area contributed by atoms with Crippen molar-refractivity contribution in [2.75, 3.05) is 57.1 Å². The molecule has 0 spiro atoms. The first-order valence-corrected chi connectivity index (χ1v) is 12.0. The number of piperazine rings is 1. The second kappa shape index (κ2) is 9.03. The second-order valence-corrected chi connectivity index (χ2v) is 9.58. The average Bonchev–Trinajstić information content (AvgIpc) is 3.21. The molecule has 1 saturated heterocycles. The van der Waals surface area contributed by atoms with Crippen LogP contribution in [-0.4, -0.2) is 67.8 Å². The Morgan fingerprint density at radius 3 is 2.35 bits per heavy atom. The molecule has 1 saturated carbocycles. The quantitative estimate of drug-likeness (QED) is 0.612. The van der Waals surface area contributed by atoms with Crippen LogP contribution in [0.25, 0.3) is 16.7 Å².